The van der Waals surface area contributed by atoms with Crippen LogP contribution in [0, 0.1) is 6.92 Å². The highest BCUT2D eigenvalue weighted by Gasteiger charge is 2.23. The van der Waals surface area contributed by atoms with Crippen molar-refractivity contribution >= 4 is 33.4 Å². The van der Waals surface area contributed by atoms with Crippen molar-refractivity contribution < 1.29 is 22.7 Å². The number of hydrogen-bond acceptors (Lipinski definition) is 8. The van der Waals surface area contributed by atoms with Crippen LogP contribution in [0.5, 0.6) is 11.5 Å². The maximum atomic E-state index is 13.1. The number of hydrogen-bond donors (Lipinski definition) is 1. The number of aromatic nitrogens is 3. The minimum absolute atomic E-state index is 0.0205. The Hall–Kier alpha value is -3.87. The average Bonchev–Trinajstić information content (AvgIpc) is 3.41. The van der Waals surface area contributed by atoms with Crippen molar-refractivity contribution in [1.82, 2.24) is 19.1 Å². The van der Waals surface area contributed by atoms with Crippen LogP contribution >= 0.6 is 11.8 Å². The summed E-state index contributed by atoms with van der Waals surface area (Å²) in [6.45, 7) is 6.11. The summed E-state index contributed by atoms with van der Waals surface area (Å²) in [5.41, 5.74) is 2.78. The zero-order chi connectivity index (χ0) is 29.6. The molecule has 4 rings (SSSR count). The summed E-state index contributed by atoms with van der Waals surface area (Å²) >= 11 is 1.21. The number of amides is 1. The van der Waals surface area contributed by atoms with Gasteiger partial charge >= 0.3 is 0 Å². The highest BCUT2D eigenvalue weighted by molar-refractivity contribution is 7.99. The number of ether oxygens (including phenoxy) is 2. The third kappa shape index (κ3) is 6.55. The zero-order valence-electron chi connectivity index (χ0n) is 23.6. The first kappa shape index (κ1) is 30.1. The molecule has 1 amide bonds. The number of sulfonamides is 1. The predicted molar refractivity (Wildman–Crippen MR) is 161 cm³/mol. The third-order valence-corrected chi connectivity index (χ3v) is 9.42. The molecule has 12 heteroatoms. The second-order valence-electron chi connectivity index (χ2n) is 8.95. The van der Waals surface area contributed by atoms with Crippen molar-refractivity contribution in [2.75, 3.05) is 38.4 Å². The number of methoxy groups -OCH3 is 2. The smallest absolute Gasteiger partial charge is 0.243 e. The van der Waals surface area contributed by atoms with Crippen LogP contribution in [0.25, 0.3) is 17.1 Å². The van der Waals surface area contributed by atoms with Gasteiger partial charge in [0.2, 0.25) is 15.9 Å². The molecule has 1 heterocycles. The van der Waals surface area contributed by atoms with Crippen LogP contribution in [0.15, 0.2) is 76.8 Å². The first-order valence-corrected chi connectivity index (χ1v) is 15.4. The van der Waals surface area contributed by atoms with E-state index in [0.29, 0.717) is 41.3 Å². The molecule has 0 saturated carbocycles. The lowest BCUT2D eigenvalue weighted by Crippen LogP contribution is -2.30. The van der Waals surface area contributed by atoms with Crippen molar-refractivity contribution in [3.63, 3.8) is 0 Å². The van der Waals surface area contributed by atoms with Gasteiger partial charge in [-0.3, -0.25) is 9.36 Å². The summed E-state index contributed by atoms with van der Waals surface area (Å²) in [7, 11) is -0.529. The Morgan fingerprint density at radius 1 is 0.951 bits per heavy atom. The number of benzene rings is 3. The molecule has 0 unspecified atom stereocenters. The van der Waals surface area contributed by atoms with Gasteiger partial charge in [0.1, 0.15) is 0 Å². The Balaban J connectivity index is 1.61. The van der Waals surface area contributed by atoms with E-state index >= 15 is 0 Å². The number of aryl methyl sites for hydroxylation is 1. The predicted octanol–water partition coefficient (Wildman–Crippen LogP) is 5.02. The van der Waals surface area contributed by atoms with Crippen LogP contribution in [-0.4, -0.2) is 66.5 Å². The van der Waals surface area contributed by atoms with Gasteiger partial charge in [0.05, 0.1) is 30.6 Å². The number of carbonyl (C=O) groups is 1. The molecule has 0 radical (unpaired) electrons. The molecule has 1 N–H and O–H groups in total. The Morgan fingerprint density at radius 2 is 1.66 bits per heavy atom. The van der Waals surface area contributed by atoms with E-state index in [0.717, 1.165) is 16.8 Å². The summed E-state index contributed by atoms with van der Waals surface area (Å²) in [4.78, 5) is 13.2. The van der Waals surface area contributed by atoms with Crippen molar-refractivity contribution in [2.24, 2.45) is 0 Å². The molecule has 0 spiro atoms. The molecule has 3 aromatic carbocycles. The third-order valence-electron chi connectivity index (χ3n) is 6.45. The largest absolute Gasteiger partial charge is 0.493 e. The van der Waals surface area contributed by atoms with Crippen molar-refractivity contribution in [3.8, 4) is 28.6 Å². The molecule has 216 valence electrons. The van der Waals surface area contributed by atoms with Crippen molar-refractivity contribution in [3.05, 3.63) is 72.3 Å². The summed E-state index contributed by atoms with van der Waals surface area (Å²) < 4.78 is 40.1. The van der Waals surface area contributed by atoms with Crippen LogP contribution in [0.1, 0.15) is 19.4 Å². The molecule has 0 atom stereocenters. The van der Waals surface area contributed by atoms with E-state index < -0.39 is 10.0 Å². The monoisotopic (exact) mass is 595 g/mol. The van der Waals surface area contributed by atoms with Crippen LogP contribution < -0.4 is 14.8 Å². The van der Waals surface area contributed by atoms with Crippen molar-refractivity contribution in [2.45, 2.75) is 30.8 Å². The lowest BCUT2D eigenvalue weighted by Gasteiger charge is -2.19. The zero-order valence-corrected chi connectivity index (χ0v) is 25.3. The van der Waals surface area contributed by atoms with Crippen LogP contribution in [0.4, 0.5) is 5.69 Å². The van der Waals surface area contributed by atoms with E-state index in [1.165, 1.54) is 22.1 Å². The van der Waals surface area contributed by atoms with Gasteiger partial charge in [0.15, 0.2) is 22.5 Å². The lowest BCUT2D eigenvalue weighted by atomic mass is 10.2. The molecular formula is C29H33N5O5S2. The maximum absolute atomic E-state index is 13.1. The topological polar surface area (TPSA) is 116 Å². The Bertz CT molecular complexity index is 1620. The standard InChI is InChI=1S/C29H33N5O5S2/c1-6-33(7-2)41(36,37)23-15-13-20(3)24(18-23)30-27(35)19-40-29-32-31-28(21-11-9-8-10-12-21)34(29)22-14-16-25(38-4)26(17-22)39-5/h8-18H,6-7,19H2,1-5H3,(H,30,35). The number of nitrogens with one attached hydrogen (secondary N) is 1. The Kier molecular flexibility index (Phi) is 9.69. The van der Waals surface area contributed by atoms with E-state index in [2.05, 4.69) is 15.5 Å². The number of thioether (sulfide) groups is 1. The van der Waals surface area contributed by atoms with E-state index in [1.807, 2.05) is 54.0 Å². The van der Waals surface area contributed by atoms with Crippen molar-refractivity contribution in [1.29, 1.82) is 0 Å². The molecule has 0 fully saturated rings. The number of nitrogens with zero attached hydrogens (tertiary/aromatic N) is 4. The van der Waals surface area contributed by atoms with Crippen LogP contribution in [0.3, 0.4) is 0 Å². The molecule has 4 aromatic rings. The molecular weight excluding hydrogens is 562 g/mol. The van der Waals surface area contributed by atoms with E-state index in [-0.39, 0.29) is 16.6 Å². The minimum atomic E-state index is -3.67. The van der Waals surface area contributed by atoms with Crippen LogP contribution in [-0.2, 0) is 14.8 Å². The molecule has 0 saturated heterocycles. The fourth-order valence-corrected chi connectivity index (χ4v) is 6.50. The summed E-state index contributed by atoms with van der Waals surface area (Å²) in [5, 5.41) is 12.2. The van der Waals surface area contributed by atoms with Gasteiger partial charge in [-0.15, -0.1) is 10.2 Å². The second kappa shape index (κ2) is 13.2. The second-order valence-corrected chi connectivity index (χ2v) is 11.8. The molecule has 0 aliphatic rings. The average molecular weight is 596 g/mol. The van der Waals surface area contributed by atoms with Gasteiger partial charge in [-0.1, -0.05) is 62.0 Å². The van der Waals surface area contributed by atoms with Gasteiger partial charge < -0.3 is 14.8 Å². The van der Waals surface area contributed by atoms with Gasteiger partial charge in [-0.2, -0.15) is 4.31 Å². The SMILES string of the molecule is CCN(CC)S(=O)(=O)c1ccc(C)c(NC(=O)CSc2nnc(-c3ccccc3)n2-c2ccc(OC)c(OC)c2)c1. The molecule has 1 aromatic heterocycles. The Morgan fingerprint density at radius 3 is 2.32 bits per heavy atom. The first-order chi connectivity index (χ1) is 19.7. The molecule has 0 bridgehead atoms. The fourth-order valence-electron chi connectivity index (χ4n) is 4.26. The molecule has 41 heavy (non-hydrogen) atoms. The maximum Gasteiger partial charge on any atom is 0.243 e. The first-order valence-electron chi connectivity index (χ1n) is 13.0. The number of anilines is 1. The van der Waals surface area contributed by atoms with E-state index in [1.54, 1.807) is 46.3 Å². The van der Waals surface area contributed by atoms with E-state index in [9.17, 15) is 13.2 Å². The quantitative estimate of drug-likeness (QED) is 0.227. The molecule has 10 nitrogen and oxygen atoms in total. The molecule has 0 aliphatic carbocycles. The number of carbonyl (C=O) groups excluding carboxylic acids is 1. The van der Waals surface area contributed by atoms with Crippen LogP contribution in [0.2, 0.25) is 0 Å². The van der Waals surface area contributed by atoms with Gasteiger partial charge in [-0.25, -0.2) is 8.42 Å². The summed E-state index contributed by atoms with van der Waals surface area (Å²) in [5.74, 6) is 1.44. The highest BCUT2D eigenvalue weighted by atomic mass is 32.2. The fraction of sp³-hybridized carbons (Fsp3) is 0.276. The summed E-state index contributed by atoms with van der Waals surface area (Å²) in [6.07, 6.45) is 0. The minimum Gasteiger partial charge on any atom is -0.493 e. The summed E-state index contributed by atoms with van der Waals surface area (Å²) in [6, 6.07) is 19.9. The highest BCUT2D eigenvalue weighted by Crippen LogP contribution is 2.34. The number of rotatable bonds is 12. The Labute approximate surface area is 244 Å². The molecule has 0 aliphatic heterocycles. The normalized spacial score (nSPS) is 11.5. The van der Waals surface area contributed by atoms with Gasteiger partial charge in [0.25, 0.3) is 0 Å². The van der Waals surface area contributed by atoms with Gasteiger partial charge in [0, 0.05) is 30.4 Å². The lowest BCUT2D eigenvalue weighted by molar-refractivity contribution is -0.113. The van der Waals surface area contributed by atoms with E-state index in [4.69, 9.17) is 9.47 Å². The van der Waals surface area contributed by atoms with Gasteiger partial charge in [-0.05, 0) is 36.8 Å².